The molecule has 0 saturated carbocycles. The zero-order valence-corrected chi connectivity index (χ0v) is 11.3. The Balaban J connectivity index is 2.29. The van der Waals surface area contributed by atoms with Gasteiger partial charge in [0.15, 0.2) is 0 Å². The fourth-order valence-corrected chi connectivity index (χ4v) is 2.61. The predicted octanol–water partition coefficient (Wildman–Crippen LogP) is 2.75. The summed E-state index contributed by atoms with van der Waals surface area (Å²) in [5.74, 6) is 0.853. The number of nitrogens with zero attached hydrogens (tertiary/aromatic N) is 1. The fraction of sp³-hybridized carbons (Fsp3) is 0.400. The van der Waals surface area contributed by atoms with Gasteiger partial charge in [0.05, 0.1) is 31.2 Å². The molecule has 0 atom stereocenters. The third-order valence-corrected chi connectivity index (χ3v) is 3.44. The van der Waals surface area contributed by atoms with Gasteiger partial charge in [0, 0.05) is 24.4 Å². The Bertz CT molecular complexity index is 611. The third-order valence-electron chi connectivity index (χ3n) is 3.44. The molecule has 4 heteroatoms. The molecule has 0 fully saturated rings. The van der Waals surface area contributed by atoms with Crippen LogP contribution in [-0.4, -0.2) is 25.2 Å². The molecule has 19 heavy (non-hydrogen) atoms. The Morgan fingerprint density at radius 2 is 2.32 bits per heavy atom. The maximum absolute atomic E-state index is 5.69. The molecule has 4 nitrogen and oxygen atoms in total. The minimum atomic E-state index is 0.632. The number of nitrogens with one attached hydrogen (secondary N) is 1. The average molecular weight is 258 g/mol. The summed E-state index contributed by atoms with van der Waals surface area (Å²) in [6, 6.07) is 6.06. The van der Waals surface area contributed by atoms with Crippen molar-refractivity contribution in [2.24, 2.45) is 0 Å². The number of hydrogen-bond donors (Lipinski definition) is 1. The summed E-state index contributed by atoms with van der Waals surface area (Å²) in [4.78, 5) is 4.80. The first kappa shape index (κ1) is 12.2. The van der Waals surface area contributed by atoms with Crippen LogP contribution < -0.4 is 10.1 Å². The van der Waals surface area contributed by atoms with Crippen molar-refractivity contribution in [2.45, 2.75) is 20.0 Å². The van der Waals surface area contributed by atoms with E-state index in [-0.39, 0.29) is 0 Å². The number of para-hydroxylation sites is 1. The van der Waals surface area contributed by atoms with Crippen molar-refractivity contribution in [3.05, 3.63) is 29.5 Å². The summed E-state index contributed by atoms with van der Waals surface area (Å²) in [7, 11) is 1.94. The highest BCUT2D eigenvalue weighted by atomic mass is 16.5. The summed E-state index contributed by atoms with van der Waals surface area (Å²) in [5.41, 5.74) is 4.35. The smallest absolute Gasteiger partial charge is 0.145 e. The van der Waals surface area contributed by atoms with Gasteiger partial charge in [-0.1, -0.05) is 12.1 Å². The average Bonchev–Trinajstić information content (AvgIpc) is 2.45. The van der Waals surface area contributed by atoms with E-state index in [0.717, 1.165) is 41.1 Å². The number of aromatic nitrogens is 1. The number of rotatable bonds is 3. The molecule has 0 amide bonds. The maximum Gasteiger partial charge on any atom is 0.145 e. The van der Waals surface area contributed by atoms with Gasteiger partial charge in [-0.05, 0) is 13.0 Å². The normalized spacial score (nSPS) is 14.2. The van der Waals surface area contributed by atoms with Crippen molar-refractivity contribution in [2.75, 3.05) is 25.6 Å². The number of fused-ring (bicyclic) bond motifs is 2. The lowest BCUT2D eigenvalue weighted by Gasteiger charge is -2.21. The largest absolute Gasteiger partial charge is 0.492 e. The van der Waals surface area contributed by atoms with Crippen molar-refractivity contribution < 1.29 is 9.47 Å². The molecule has 0 saturated heterocycles. The van der Waals surface area contributed by atoms with Crippen LogP contribution in [0.15, 0.2) is 18.2 Å². The SMILES string of the molecule is CCOc1cccc2c(NC)c3c(nc12)CCOC3. The van der Waals surface area contributed by atoms with Crippen molar-refractivity contribution in [1.82, 2.24) is 4.98 Å². The molecule has 1 aliphatic rings. The topological polar surface area (TPSA) is 43.4 Å². The molecular weight excluding hydrogens is 240 g/mol. The van der Waals surface area contributed by atoms with E-state index in [0.29, 0.717) is 13.2 Å². The van der Waals surface area contributed by atoms with Gasteiger partial charge in [-0.3, -0.25) is 0 Å². The Kier molecular flexibility index (Phi) is 3.25. The molecule has 0 aliphatic carbocycles. The van der Waals surface area contributed by atoms with Gasteiger partial charge in [0.1, 0.15) is 11.3 Å². The quantitative estimate of drug-likeness (QED) is 0.919. The molecule has 0 spiro atoms. The van der Waals surface area contributed by atoms with Crippen molar-refractivity contribution in [3.8, 4) is 5.75 Å². The van der Waals surface area contributed by atoms with Gasteiger partial charge in [-0.15, -0.1) is 0 Å². The van der Waals surface area contributed by atoms with E-state index < -0.39 is 0 Å². The number of pyridine rings is 1. The molecule has 3 rings (SSSR count). The minimum absolute atomic E-state index is 0.632. The molecule has 1 aromatic carbocycles. The first-order valence-corrected chi connectivity index (χ1v) is 6.68. The molecule has 1 aliphatic heterocycles. The van der Waals surface area contributed by atoms with E-state index in [4.69, 9.17) is 14.5 Å². The molecule has 1 N–H and O–H groups in total. The van der Waals surface area contributed by atoms with E-state index in [1.165, 1.54) is 5.56 Å². The van der Waals surface area contributed by atoms with Crippen LogP contribution in [0.3, 0.4) is 0 Å². The number of anilines is 1. The third kappa shape index (κ3) is 2.02. The van der Waals surface area contributed by atoms with E-state index >= 15 is 0 Å². The fourth-order valence-electron chi connectivity index (χ4n) is 2.61. The highest BCUT2D eigenvalue weighted by Crippen LogP contribution is 2.35. The van der Waals surface area contributed by atoms with Crippen LogP contribution in [0.5, 0.6) is 5.75 Å². The van der Waals surface area contributed by atoms with Crippen molar-refractivity contribution in [1.29, 1.82) is 0 Å². The summed E-state index contributed by atoms with van der Waals surface area (Å²) in [6.07, 6.45) is 0.862. The van der Waals surface area contributed by atoms with Gasteiger partial charge in [-0.2, -0.15) is 0 Å². The summed E-state index contributed by atoms with van der Waals surface area (Å²) in [5, 5.41) is 4.39. The lowest BCUT2D eigenvalue weighted by atomic mass is 10.0. The Morgan fingerprint density at radius 3 is 3.11 bits per heavy atom. The van der Waals surface area contributed by atoms with Gasteiger partial charge in [0.2, 0.25) is 0 Å². The summed E-state index contributed by atoms with van der Waals surface area (Å²) < 4.78 is 11.2. The summed E-state index contributed by atoms with van der Waals surface area (Å²) >= 11 is 0. The Labute approximate surface area is 112 Å². The standard InChI is InChI=1S/C15H18N2O2/c1-3-19-13-6-4-5-10-14(16-2)11-9-18-8-7-12(11)17-15(10)13/h4-6H,3,7-9H2,1-2H3,(H,16,17). The first-order chi connectivity index (χ1) is 9.35. The molecule has 100 valence electrons. The second kappa shape index (κ2) is 5.05. The van der Waals surface area contributed by atoms with Gasteiger partial charge in [0.25, 0.3) is 0 Å². The monoisotopic (exact) mass is 258 g/mol. The summed E-state index contributed by atoms with van der Waals surface area (Å²) in [6.45, 7) is 4.01. The molecular formula is C15H18N2O2. The van der Waals surface area contributed by atoms with Crippen LogP contribution in [0.2, 0.25) is 0 Å². The lowest BCUT2D eigenvalue weighted by Crippen LogP contribution is -2.14. The van der Waals surface area contributed by atoms with Gasteiger partial charge >= 0.3 is 0 Å². The Morgan fingerprint density at radius 1 is 1.42 bits per heavy atom. The molecule has 2 heterocycles. The zero-order chi connectivity index (χ0) is 13.2. The van der Waals surface area contributed by atoms with Crippen LogP contribution in [0.1, 0.15) is 18.2 Å². The first-order valence-electron chi connectivity index (χ1n) is 6.68. The Hall–Kier alpha value is -1.81. The molecule has 0 radical (unpaired) electrons. The van der Waals surface area contributed by atoms with E-state index in [2.05, 4.69) is 11.4 Å². The minimum Gasteiger partial charge on any atom is -0.492 e. The van der Waals surface area contributed by atoms with E-state index in [1.807, 2.05) is 26.1 Å². The second-order valence-corrected chi connectivity index (χ2v) is 4.55. The zero-order valence-electron chi connectivity index (χ0n) is 11.3. The maximum atomic E-state index is 5.69. The molecule has 0 unspecified atom stereocenters. The van der Waals surface area contributed by atoms with Gasteiger partial charge < -0.3 is 14.8 Å². The van der Waals surface area contributed by atoms with Gasteiger partial charge in [-0.25, -0.2) is 4.98 Å². The van der Waals surface area contributed by atoms with Crippen molar-refractivity contribution in [3.63, 3.8) is 0 Å². The van der Waals surface area contributed by atoms with Crippen LogP contribution in [-0.2, 0) is 17.8 Å². The van der Waals surface area contributed by atoms with E-state index in [9.17, 15) is 0 Å². The van der Waals surface area contributed by atoms with Crippen LogP contribution in [0, 0.1) is 0 Å². The number of ether oxygens (including phenoxy) is 2. The highest BCUT2D eigenvalue weighted by molar-refractivity contribution is 5.96. The lowest BCUT2D eigenvalue weighted by molar-refractivity contribution is 0.110. The number of benzene rings is 1. The predicted molar refractivity (Wildman–Crippen MR) is 75.8 cm³/mol. The van der Waals surface area contributed by atoms with Crippen LogP contribution in [0.25, 0.3) is 10.9 Å². The van der Waals surface area contributed by atoms with Crippen LogP contribution >= 0.6 is 0 Å². The second-order valence-electron chi connectivity index (χ2n) is 4.55. The molecule has 1 aromatic heterocycles. The molecule has 0 bridgehead atoms. The van der Waals surface area contributed by atoms with E-state index in [1.54, 1.807) is 0 Å². The molecule has 2 aromatic rings. The highest BCUT2D eigenvalue weighted by Gasteiger charge is 2.19. The van der Waals surface area contributed by atoms with Crippen LogP contribution in [0.4, 0.5) is 5.69 Å². The number of hydrogen-bond acceptors (Lipinski definition) is 4. The van der Waals surface area contributed by atoms with Crippen molar-refractivity contribution >= 4 is 16.6 Å².